The first-order valence-corrected chi connectivity index (χ1v) is 8.07. The van der Waals surface area contributed by atoms with E-state index < -0.39 is 0 Å². The highest BCUT2D eigenvalue weighted by atomic mass is 16.5. The van der Waals surface area contributed by atoms with E-state index >= 15 is 0 Å². The summed E-state index contributed by atoms with van der Waals surface area (Å²) in [6, 6.07) is 8.17. The molecule has 24 heavy (non-hydrogen) atoms. The van der Waals surface area contributed by atoms with Gasteiger partial charge in [0.15, 0.2) is 5.65 Å². The normalized spacial score (nSPS) is 16.6. The van der Waals surface area contributed by atoms with Crippen LogP contribution >= 0.6 is 0 Å². The summed E-state index contributed by atoms with van der Waals surface area (Å²) in [5, 5.41) is 17.6. The summed E-state index contributed by atoms with van der Waals surface area (Å²) in [6.07, 6.45) is 4.24. The van der Waals surface area contributed by atoms with E-state index in [4.69, 9.17) is 9.84 Å². The molecule has 3 aromatic rings. The van der Waals surface area contributed by atoms with Gasteiger partial charge in [0.1, 0.15) is 17.9 Å². The molecule has 0 aliphatic carbocycles. The largest absolute Gasteiger partial charge is 0.493 e. The maximum atomic E-state index is 9.09. The molecule has 0 amide bonds. The first kappa shape index (κ1) is 14.9. The van der Waals surface area contributed by atoms with Crippen molar-refractivity contribution in [3.63, 3.8) is 0 Å². The van der Waals surface area contributed by atoms with E-state index in [-0.39, 0.29) is 6.61 Å². The molecule has 0 radical (unpaired) electrons. The predicted molar refractivity (Wildman–Crippen MR) is 90.0 cm³/mol. The highest BCUT2D eigenvalue weighted by Gasteiger charge is 2.20. The van der Waals surface area contributed by atoms with Crippen molar-refractivity contribution in [2.45, 2.75) is 13.0 Å². The zero-order valence-electron chi connectivity index (χ0n) is 13.2. The second kappa shape index (κ2) is 6.45. The molecule has 1 aliphatic rings. The van der Waals surface area contributed by atoms with Gasteiger partial charge in [-0.05, 0) is 18.1 Å². The number of fused-ring (bicyclic) bond motifs is 2. The van der Waals surface area contributed by atoms with Gasteiger partial charge in [-0.25, -0.2) is 14.6 Å². The van der Waals surface area contributed by atoms with Crippen molar-refractivity contribution in [1.29, 1.82) is 0 Å². The summed E-state index contributed by atoms with van der Waals surface area (Å²) in [5.41, 5.74) is 1.98. The van der Waals surface area contributed by atoms with Crippen LogP contribution in [-0.2, 0) is 13.0 Å². The number of hydrogen-bond donors (Lipinski definition) is 2. The Bertz CT molecular complexity index is 848. The topological polar surface area (TPSA) is 85.1 Å². The molecule has 0 fully saturated rings. The molecule has 4 rings (SSSR count). The summed E-state index contributed by atoms with van der Waals surface area (Å²) in [4.78, 5) is 8.59. The van der Waals surface area contributed by atoms with Crippen molar-refractivity contribution in [2.75, 3.05) is 25.1 Å². The summed E-state index contributed by atoms with van der Waals surface area (Å²) < 4.78 is 7.51. The fraction of sp³-hybridized carbons (Fsp3) is 0.353. The van der Waals surface area contributed by atoms with Crippen LogP contribution in [0.5, 0.6) is 5.75 Å². The fourth-order valence-electron chi connectivity index (χ4n) is 3.06. The second-order valence-electron chi connectivity index (χ2n) is 5.92. The van der Waals surface area contributed by atoms with Crippen molar-refractivity contribution >= 4 is 16.9 Å². The molecule has 0 saturated carbocycles. The SMILES string of the molecule is OCCn1ncc2c(NC[C@@H]3COc4ccccc4C3)ncnc21. The highest BCUT2D eigenvalue weighted by Crippen LogP contribution is 2.27. The van der Waals surface area contributed by atoms with Gasteiger partial charge in [-0.2, -0.15) is 5.10 Å². The van der Waals surface area contributed by atoms with Crippen LogP contribution in [0.1, 0.15) is 5.56 Å². The zero-order chi connectivity index (χ0) is 16.4. The van der Waals surface area contributed by atoms with Crippen LogP contribution in [0.15, 0.2) is 36.8 Å². The van der Waals surface area contributed by atoms with Crippen LogP contribution in [0.25, 0.3) is 11.0 Å². The van der Waals surface area contributed by atoms with Gasteiger partial charge in [0.05, 0.1) is 31.3 Å². The Morgan fingerprint density at radius 1 is 1.29 bits per heavy atom. The number of rotatable bonds is 5. The summed E-state index contributed by atoms with van der Waals surface area (Å²) in [6.45, 7) is 1.92. The Balaban J connectivity index is 1.48. The standard InChI is InChI=1S/C17H19N5O2/c23-6-5-22-17-14(9-21-22)16(19-11-20-17)18-8-12-7-13-3-1-2-4-15(13)24-10-12/h1-4,9,11-12,23H,5-8,10H2,(H,18,19,20)/t12-/m1/s1. The van der Waals surface area contributed by atoms with Crippen LogP contribution in [-0.4, -0.2) is 44.6 Å². The average Bonchev–Trinajstić information content (AvgIpc) is 3.04. The van der Waals surface area contributed by atoms with Gasteiger partial charge >= 0.3 is 0 Å². The van der Waals surface area contributed by atoms with Crippen LogP contribution in [0, 0.1) is 5.92 Å². The third-order valence-electron chi connectivity index (χ3n) is 4.26. The average molecular weight is 325 g/mol. The van der Waals surface area contributed by atoms with Gasteiger partial charge < -0.3 is 15.2 Å². The molecule has 7 nitrogen and oxygen atoms in total. The number of nitrogens with zero attached hydrogens (tertiary/aromatic N) is 4. The number of hydrogen-bond acceptors (Lipinski definition) is 6. The van der Waals surface area contributed by atoms with Crippen LogP contribution in [0.4, 0.5) is 5.82 Å². The molecule has 1 atom stereocenters. The first-order valence-electron chi connectivity index (χ1n) is 8.07. The number of nitrogens with one attached hydrogen (secondary N) is 1. The lowest BCUT2D eigenvalue weighted by Gasteiger charge is -2.25. The van der Waals surface area contributed by atoms with Gasteiger partial charge in [-0.1, -0.05) is 18.2 Å². The van der Waals surface area contributed by atoms with Gasteiger partial charge in [0.2, 0.25) is 0 Å². The number of anilines is 1. The summed E-state index contributed by atoms with van der Waals surface area (Å²) in [5.74, 6) is 2.14. The molecule has 0 bridgehead atoms. The van der Waals surface area contributed by atoms with E-state index in [2.05, 4.69) is 26.4 Å². The van der Waals surface area contributed by atoms with E-state index in [0.29, 0.717) is 19.1 Å². The molecule has 0 saturated heterocycles. The van der Waals surface area contributed by atoms with Gasteiger partial charge in [-0.15, -0.1) is 0 Å². The van der Waals surface area contributed by atoms with Crippen molar-refractivity contribution < 1.29 is 9.84 Å². The van der Waals surface area contributed by atoms with Crippen molar-refractivity contribution in [1.82, 2.24) is 19.7 Å². The molecule has 7 heteroatoms. The minimum absolute atomic E-state index is 0.0301. The molecule has 124 valence electrons. The number of ether oxygens (including phenoxy) is 1. The van der Waals surface area contributed by atoms with Crippen LogP contribution < -0.4 is 10.1 Å². The van der Waals surface area contributed by atoms with Crippen LogP contribution in [0.3, 0.4) is 0 Å². The smallest absolute Gasteiger partial charge is 0.163 e. The summed E-state index contributed by atoms with van der Waals surface area (Å²) >= 11 is 0. The molecule has 3 heterocycles. The number of para-hydroxylation sites is 1. The van der Waals surface area contributed by atoms with E-state index in [9.17, 15) is 0 Å². The lowest BCUT2D eigenvalue weighted by molar-refractivity contribution is 0.229. The highest BCUT2D eigenvalue weighted by molar-refractivity contribution is 5.86. The molecule has 2 aromatic heterocycles. The first-order chi connectivity index (χ1) is 11.8. The van der Waals surface area contributed by atoms with Gasteiger partial charge in [0.25, 0.3) is 0 Å². The monoisotopic (exact) mass is 325 g/mol. The molecule has 1 aliphatic heterocycles. The Kier molecular flexibility index (Phi) is 4.00. The maximum Gasteiger partial charge on any atom is 0.163 e. The molecule has 0 spiro atoms. The van der Waals surface area contributed by atoms with E-state index in [0.717, 1.165) is 35.6 Å². The fourth-order valence-corrected chi connectivity index (χ4v) is 3.06. The summed E-state index contributed by atoms with van der Waals surface area (Å²) in [7, 11) is 0. The van der Waals surface area contributed by atoms with Gasteiger partial charge in [0, 0.05) is 12.5 Å². The number of aliphatic hydroxyl groups is 1. The van der Waals surface area contributed by atoms with Crippen molar-refractivity contribution in [3.8, 4) is 5.75 Å². The van der Waals surface area contributed by atoms with Crippen molar-refractivity contribution in [3.05, 3.63) is 42.4 Å². The minimum Gasteiger partial charge on any atom is -0.493 e. The third kappa shape index (κ3) is 2.78. The van der Waals surface area contributed by atoms with E-state index in [1.54, 1.807) is 10.9 Å². The predicted octanol–water partition coefficient (Wildman–Crippen LogP) is 1.48. The van der Waals surface area contributed by atoms with Gasteiger partial charge in [-0.3, -0.25) is 0 Å². The van der Waals surface area contributed by atoms with Crippen molar-refractivity contribution in [2.24, 2.45) is 5.92 Å². The lowest BCUT2D eigenvalue weighted by Crippen LogP contribution is -2.27. The van der Waals surface area contributed by atoms with E-state index in [1.807, 2.05) is 18.2 Å². The second-order valence-corrected chi connectivity index (χ2v) is 5.92. The Labute approximate surface area is 139 Å². The zero-order valence-corrected chi connectivity index (χ0v) is 13.2. The number of aromatic nitrogens is 4. The van der Waals surface area contributed by atoms with E-state index in [1.165, 1.54) is 11.9 Å². The molecular formula is C17H19N5O2. The number of aliphatic hydroxyl groups excluding tert-OH is 1. The number of benzene rings is 1. The quantitative estimate of drug-likeness (QED) is 0.739. The molecule has 2 N–H and O–H groups in total. The third-order valence-corrected chi connectivity index (χ3v) is 4.26. The Hall–Kier alpha value is -2.67. The Morgan fingerprint density at radius 2 is 2.21 bits per heavy atom. The van der Waals surface area contributed by atoms with Crippen LogP contribution in [0.2, 0.25) is 0 Å². The minimum atomic E-state index is 0.0301. The molecular weight excluding hydrogens is 306 g/mol. The molecule has 1 aromatic carbocycles. The molecule has 0 unspecified atom stereocenters. The Morgan fingerprint density at radius 3 is 3.12 bits per heavy atom. The lowest BCUT2D eigenvalue weighted by atomic mass is 9.97. The maximum absolute atomic E-state index is 9.09.